The topological polar surface area (TPSA) is 91.0 Å². The Morgan fingerprint density at radius 2 is 2.10 bits per heavy atom. The van der Waals surface area contributed by atoms with Crippen molar-refractivity contribution < 1.29 is 28.3 Å². The van der Waals surface area contributed by atoms with E-state index in [0.29, 0.717) is 31.0 Å². The first-order chi connectivity index (χ1) is 13.9. The van der Waals surface area contributed by atoms with Crippen molar-refractivity contribution in [2.75, 3.05) is 26.9 Å². The number of nitrogens with zero attached hydrogens (tertiary/aromatic N) is 2. The number of Topliss-reactive ketones (excluding diaryl/α,β-unsaturated/α-hetero) is 1. The van der Waals surface area contributed by atoms with Gasteiger partial charge in [0, 0.05) is 43.6 Å². The zero-order valence-electron chi connectivity index (χ0n) is 17.0. The number of methoxy groups -OCH3 is 1. The van der Waals surface area contributed by atoms with Gasteiger partial charge in [-0.15, -0.1) is 0 Å². The fraction of sp³-hybridized carbons (Fsp3) is 0.476. The van der Waals surface area contributed by atoms with Crippen molar-refractivity contribution in [2.24, 2.45) is 5.92 Å². The van der Waals surface area contributed by atoms with E-state index in [1.807, 2.05) is 18.4 Å². The predicted molar refractivity (Wildman–Crippen MR) is 103 cm³/mol. The average Bonchev–Trinajstić information content (AvgIpc) is 3.40. The lowest BCUT2D eigenvalue weighted by molar-refractivity contribution is -0.147. The molecule has 1 aliphatic rings. The average molecular weight is 402 g/mol. The van der Waals surface area contributed by atoms with Gasteiger partial charge >= 0.3 is 5.97 Å². The molecular formula is C21H26N2O6. The molecule has 2 aromatic heterocycles. The maximum absolute atomic E-state index is 12.6. The number of aryl methyl sites for hydroxylation is 1. The lowest BCUT2D eigenvalue weighted by Crippen LogP contribution is -2.27. The highest BCUT2D eigenvalue weighted by Crippen LogP contribution is 2.22. The number of ether oxygens (including phenoxy) is 2. The third kappa shape index (κ3) is 4.76. The molecule has 0 N–H and O–H groups in total. The van der Waals surface area contributed by atoms with Crippen molar-refractivity contribution >= 4 is 17.7 Å². The van der Waals surface area contributed by atoms with E-state index >= 15 is 0 Å². The summed E-state index contributed by atoms with van der Waals surface area (Å²) in [5.74, 6) is -0.823. The van der Waals surface area contributed by atoms with Gasteiger partial charge < -0.3 is 23.4 Å². The molecule has 1 saturated heterocycles. The maximum Gasteiger partial charge on any atom is 0.311 e. The van der Waals surface area contributed by atoms with Crippen LogP contribution >= 0.6 is 0 Å². The number of amides is 1. The first-order valence-electron chi connectivity index (χ1n) is 9.56. The van der Waals surface area contributed by atoms with Crippen LogP contribution in [0.25, 0.3) is 0 Å². The monoisotopic (exact) mass is 402 g/mol. The number of ketones is 1. The van der Waals surface area contributed by atoms with Gasteiger partial charge in [-0.1, -0.05) is 0 Å². The summed E-state index contributed by atoms with van der Waals surface area (Å²) in [6, 6.07) is 5.32. The Kier molecular flexibility index (Phi) is 6.53. The molecule has 3 heterocycles. The molecule has 29 heavy (non-hydrogen) atoms. The van der Waals surface area contributed by atoms with E-state index in [4.69, 9.17) is 13.9 Å². The standard InChI is InChI=1S/C21H26N2O6/c1-14-9-18(15(2)23(14)6-8-27-3)19(24)13-29-21(26)16-10-20(25)22(11-16)12-17-5-4-7-28-17/h4-5,7,9,16H,6,8,10-13H2,1-3H3/t16-/m0/s1. The van der Waals surface area contributed by atoms with Gasteiger partial charge in [0.1, 0.15) is 5.76 Å². The van der Waals surface area contributed by atoms with Crippen LogP contribution in [0.5, 0.6) is 0 Å². The smallest absolute Gasteiger partial charge is 0.311 e. The summed E-state index contributed by atoms with van der Waals surface area (Å²) in [7, 11) is 1.63. The molecular weight excluding hydrogens is 376 g/mol. The Bertz CT molecular complexity index is 883. The number of aromatic nitrogens is 1. The van der Waals surface area contributed by atoms with Gasteiger partial charge in [0.15, 0.2) is 6.61 Å². The quantitative estimate of drug-likeness (QED) is 0.471. The molecule has 8 nitrogen and oxygen atoms in total. The van der Waals surface area contributed by atoms with Crippen molar-refractivity contribution in [1.29, 1.82) is 0 Å². The van der Waals surface area contributed by atoms with Gasteiger partial charge in [-0.05, 0) is 32.0 Å². The van der Waals surface area contributed by atoms with E-state index in [2.05, 4.69) is 0 Å². The molecule has 1 amide bonds. The Hall–Kier alpha value is -2.87. The molecule has 0 aromatic carbocycles. The SMILES string of the molecule is COCCn1c(C)cc(C(=O)COC(=O)[C@H]2CC(=O)N(Cc3ccco3)C2)c1C. The Labute approximate surface area is 169 Å². The predicted octanol–water partition coefficient (Wildman–Crippen LogP) is 2.12. The van der Waals surface area contributed by atoms with Crippen LogP contribution in [0.1, 0.15) is 33.9 Å². The van der Waals surface area contributed by atoms with Gasteiger partial charge in [-0.25, -0.2) is 0 Å². The van der Waals surface area contributed by atoms with Gasteiger partial charge in [0.05, 0.1) is 25.3 Å². The van der Waals surface area contributed by atoms with Gasteiger partial charge in [0.25, 0.3) is 0 Å². The van der Waals surface area contributed by atoms with Crippen molar-refractivity contribution in [3.63, 3.8) is 0 Å². The Morgan fingerprint density at radius 3 is 2.79 bits per heavy atom. The number of hydrogen-bond acceptors (Lipinski definition) is 6. The van der Waals surface area contributed by atoms with Crippen molar-refractivity contribution in [3.05, 3.63) is 47.2 Å². The third-order valence-electron chi connectivity index (χ3n) is 5.21. The van der Waals surface area contributed by atoms with E-state index in [0.717, 1.165) is 11.4 Å². The van der Waals surface area contributed by atoms with Crippen molar-refractivity contribution in [1.82, 2.24) is 9.47 Å². The molecule has 0 aliphatic carbocycles. The zero-order valence-corrected chi connectivity index (χ0v) is 17.0. The van der Waals surface area contributed by atoms with Crippen molar-refractivity contribution in [2.45, 2.75) is 33.4 Å². The van der Waals surface area contributed by atoms with E-state index in [9.17, 15) is 14.4 Å². The number of carbonyl (C=O) groups is 3. The molecule has 156 valence electrons. The lowest BCUT2D eigenvalue weighted by Gasteiger charge is -2.14. The minimum absolute atomic E-state index is 0.0826. The second-order valence-electron chi connectivity index (χ2n) is 7.21. The number of furan rings is 1. The van der Waals surface area contributed by atoms with Crippen molar-refractivity contribution in [3.8, 4) is 0 Å². The number of esters is 1. The maximum atomic E-state index is 12.6. The number of hydrogen-bond donors (Lipinski definition) is 0. The molecule has 0 bridgehead atoms. The Balaban J connectivity index is 1.54. The highest BCUT2D eigenvalue weighted by molar-refractivity contribution is 5.99. The van der Waals surface area contributed by atoms with Gasteiger partial charge in [-0.3, -0.25) is 14.4 Å². The zero-order chi connectivity index (χ0) is 21.0. The molecule has 1 fully saturated rings. The van der Waals surface area contributed by atoms with Crippen LogP contribution in [0.3, 0.4) is 0 Å². The first kappa shape index (κ1) is 20.9. The lowest BCUT2D eigenvalue weighted by atomic mass is 10.1. The largest absolute Gasteiger partial charge is 0.467 e. The highest BCUT2D eigenvalue weighted by atomic mass is 16.5. The molecule has 1 aliphatic heterocycles. The molecule has 0 saturated carbocycles. The van der Waals surface area contributed by atoms with Crippen LogP contribution in [0.4, 0.5) is 0 Å². The molecule has 2 aromatic rings. The van der Waals surface area contributed by atoms with E-state index < -0.39 is 11.9 Å². The van der Waals surface area contributed by atoms with Crippen LogP contribution in [0.15, 0.2) is 28.9 Å². The highest BCUT2D eigenvalue weighted by Gasteiger charge is 2.36. The van der Waals surface area contributed by atoms with Gasteiger partial charge in [0.2, 0.25) is 11.7 Å². The number of likely N-dealkylation sites (tertiary alicyclic amines) is 1. The summed E-state index contributed by atoms with van der Waals surface area (Å²) < 4.78 is 17.6. The van der Waals surface area contributed by atoms with E-state index in [1.165, 1.54) is 0 Å². The first-order valence-corrected chi connectivity index (χ1v) is 9.56. The number of carbonyl (C=O) groups excluding carboxylic acids is 3. The molecule has 1 atom stereocenters. The van der Waals surface area contributed by atoms with E-state index in [1.54, 1.807) is 36.5 Å². The van der Waals surface area contributed by atoms with E-state index in [-0.39, 0.29) is 31.3 Å². The summed E-state index contributed by atoms with van der Waals surface area (Å²) in [6.07, 6.45) is 1.62. The Morgan fingerprint density at radius 1 is 1.31 bits per heavy atom. The van der Waals surface area contributed by atoms with Gasteiger partial charge in [-0.2, -0.15) is 0 Å². The normalized spacial score (nSPS) is 16.4. The summed E-state index contributed by atoms with van der Waals surface area (Å²) in [5, 5.41) is 0. The van der Waals surface area contributed by atoms with Crippen LogP contribution in [0.2, 0.25) is 0 Å². The summed E-state index contributed by atoms with van der Waals surface area (Å²) in [6.45, 7) is 5.22. The summed E-state index contributed by atoms with van der Waals surface area (Å²) in [4.78, 5) is 38.6. The summed E-state index contributed by atoms with van der Waals surface area (Å²) >= 11 is 0. The molecule has 0 radical (unpaired) electrons. The third-order valence-corrected chi connectivity index (χ3v) is 5.21. The fourth-order valence-corrected chi connectivity index (χ4v) is 3.62. The number of rotatable bonds is 9. The molecule has 3 rings (SSSR count). The second-order valence-corrected chi connectivity index (χ2v) is 7.21. The second kappa shape index (κ2) is 9.09. The van der Waals surface area contributed by atoms with Crippen LogP contribution in [-0.4, -0.2) is 54.0 Å². The molecule has 0 spiro atoms. The molecule has 0 unspecified atom stereocenters. The molecule has 8 heteroatoms. The van der Waals surface area contributed by atoms with Crippen LogP contribution in [0, 0.1) is 19.8 Å². The minimum atomic E-state index is -0.570. The van der Waals surface area contributed by atoms with Crippen LogP contribution in [-0.2, 0) is 32.2 Å². The minimum Gasteiger partial charge on any atom is -0.467 e. The van der Waals surface area contributed by atoms with Crippen LogP contribution < -0.4 is 0 Å². The summed E-state index contributed by atoms with van der Waals surface area (Å²) in [5.41, 5.74) is 2.30. The fourth-order valence-electron chi connectivity index (χ4n) is 3.62.